The molecule has 4 aromatic heterocycles. The molecule has 0 aliphatic carbocycles. The van der Waals surface area contributed by atoms with Crippen LogP contribution in [0.2, 0.25) is 0 Å². The SMILES string of the molecule is CO[C@H]1CN(c2ccn(-c3cc(-c4c(F)cccc4C#N)nc4c3C(=O)NC4)n2)C[C@@]1(C)OC.Cc1cccc(F)c1-c1cc(-c2cc3n(n2)CC(O)CN3)c2c(n1)CNC2=O. The van der Waals surface area contributed by atoms with Crippen LogP contribution in [0.1, 0.15) is 50.2 Å². The number of pyridine rings is 2. The molecule has 6 aromatic rings. The van der Waals surface area contributed by atoms with Crippen LogP contribution < -0.4 is 20.9 Å². The molecule has 316 valence electrons. The highest BCUT2D eigenvalue weighted by molar-refractivity contribution is 6.04. The molecule has 0 radical (unpaired) electrons. The van der Waals surface area contributed by atoms with Crippen LogP contribution in [0.25, 0.3) is 39.5 Å². The molecule has 4 N–H and O–H groups in total. The summed E-state index contributed by atoms with van der Waals surface area (Å²) in [5.74, 6) is 0.0582. The van der Waals surface area contributed by atoms with Crippen molar-refractivity contribution < 1.29 is 33.0 Å². The number of carbonyl (C=O) groups is 2. The van der Waals surface area contributed by atoms with Gasteiger partial charge in [0.2, 0.25) is 0 Å². The molecule has 16 nitrogen and oxygen atoms in total. The summed E-state index contributed by atoms with van der Waals surface area (Å²) in [5, 5.41) is 37.3. The number of nitriles is 1. The molecule has 1 unspecified atom stereocenters. The molecule has 0 saturated carbocycles. The average Bonchev–Trinajstić information content (AvgIpc) is 4.11. The van der Waals surface area contributed by atoms with Crippen molar-refractivity contribution in [1.29, 1.82) is 5.26 Å². The standard InChI is InChI=1S/C24H23FN6O3.C20H18FN5O2/c1-24(34-3)13-30(12-19(24)33-2)20-7-8-31(29-20)18-9-16(28-17-11-27-23(32)22(17)18)21-14(10-26)5-4-6-15(21)25;1-10-3-2-4-13(21)18(10)15-5-12(19-16(24-15)8-23-20(19)28)14-6-17-22-7-11(27)9-26(17)25-14/h4-9,19H,11-13H2,1-3H3,(H,27,32);2-6,11,22,27H,7-9H2,1H3,(H,23,28)/t19-,24+;/m0./s1. The number of anilines is 2. The number of rotatable bonds is 7. The smallest absolute Gasteiger partial charge is 0.255 e. The molecule has 62 heavy (non-hydrogen) atoms. The number of hydrogen-bond donors (Lipinski definition) is 4. The summed E-state index contributed by atoms with van der Waals surface area (Å²) >= 11 is 0. The van der Waals surface area contributed by atoms with Gasteiger partial charge in [0.15, 0.2) is 5.82 Å². The van der Waals surface area contributed by atoms with Crippen LogP contribution in [0, 0.1) is 29.9 Å². The highest BCUT2D eigenvalue weighted by atomic mass is 19.1. The Morgan fingerprint density at radius 3 is 2.24 bits per heavy atom. The maximum atomic E-state index is 14.7. The van der Waals surface area contributed by atoms with E-state index in [0.29, 0.717) is 89.3 Å². The summed E-state index contributed by atoms with van der Waals surface area (Å²) in [5.41, 5.74) is 5.27. The van der Waals surface area contributed by atoms with E-state index in [-0.39, 0.29) is 47.1 Å². The Bertz CT molecular complexity index is 2820. The van der Waals surface area contributed by atoms with E-state index in [9.17, 15) is 28.7 Å². The van der Waals surface area contributed by atoms with Gasteiger partial charge in [-0.15, -0.1) is 0 Å². The van der Waals surface area contributed by atoms with Gasteiger partial charge in [-0.3, -0.25) is 9.59 Å². The topological polar surface area (TPSA) is 197 Å². The molecule has 4 aliphatic heterocycles. The fourth-order valence-electron chi connectivity index (χ4n) is 8.48. The number of halogens is 2. The van der Waals surface area contributed by atoms with Crippen LogP contribution in [0.5, 0.6) is 0 Å². The normalized spacial score (nSPS) is 19.7. The number of aliphatic hydroxyl groups is 1. The molecule has 2 aromatic carbocycles. The summed E-state index contributed by atoms with van der Waals surface area (Å²) in [7, 11) is 3.31. The van der Waals surface area contributed by atoms with E-state index in [0.717, 1.165) is 11.4 Å². The van der Waals surface area contributed by atoms with Gasteiger partial charge in [0.25, 0.3) is 11.8 Å². The second-order valence-electron chi connectivity index (χ2n) is 15.7. The van der Waals surface area contributed by atoms with Crippen molar-refractivity contribution >= 4 is 23.5 Å². The van der Waals surface area contributed by atoms with E-state index >= 15 is 0 Å². The molecule has 2 amide bonds. The number of aryl methyl sites for hydroxylation is 1. The number of fused-ring (bicyclic) bond motifs is 3. The zero-order valence-electron chi connectivity index (χ0n) is 34.2. The quantitative estimate of drug-likeness (QED) is 0.176. The number of carbonyl (C=O) groups excluding carboxylic acids is 2. The fourth-order valence-corrected chi connectivity index (χ4v) is 8.48. The number of ether oxygens (including phenoxy) is 2. The van der Waals surface area contributed by atoms with Gasteiger partial charge in [-0.25, -0.2) is 28.1 Å². The van der Waals surface area contributed by atoms with Gasteiger partial charge in [0.05, 0.1) is 94.8 Å². The number of hydrogen-bond acceptors (Lipinski definition) is 12. The van der Waals surface area contributed by atoms with Crippen molar-refractivity contribution in [3.8, 4) is 45.5 Å². The van der Waals surface area contributed by atoms with Crippen LogP contribution in [-0.2, 0) is 29.1 Å². The lowest BCUT2D eigenvalue weighted by Gasteiger charge is -2.27. The van der Waals surface area contributed by atoms with E-state index in [1.165, 1.54) is 24.3 Å². The third kappa shape index (κ3) is 6.99. The molecule has 0 spiro atoms. The van der Waals surface area contributed by atoms with Gasteiger partial charge in [0.1, 0.15) is 29.2 Å². The summed E-state index contributed by atoms with van der Waals surface area (Å²) in [6, 6.07) is 18.2. The van der Waals surface area contributed by atoms with Crippen LogP contribution >= 0.6 is 0 Å². The number of aromatic nitrogens is 6. The fraction of sp³-hybridized carbons (Fsp3) is 0.295. The molecular weight excluding hydrogens is 801 g/mol. The predicted octanol–water partition coefficient (Wildman–Crippen LogP) is 4.52. The van der Waals surface area contributed by atoms with Crippen molar-refractivity contribution in [3.63, 3.8) is 0 Å². The van der Waals surface area contributed by atoms with E-state index in [1.807, 2.05) is 38.1 Å². The summed E-state index contributed by atoms with van der Waals surface area (Å²) in [4.78, 5) is 36.2. The van der Waals surface area contributed by atoms with Crippen molar-refractivity contribution in [1.82, 2.24) is 40.2 Å². The number of nitrogens with one attached hydrogen (secondary N) is 3. The summed E-state index contributed by atoms with van der Waals surface area (Å²) in [6.07, 6.45) is 1.09. The molecule has 18 heteroatoms. The van der Waals surface area contributed by atoms with Crippen molar-refractivity contribution in [2.45, 2.75) is 51.3 Å². The minimum atomic E-state index is -0.558. The number of methoxy groups -OCH3 is 2. The Morgan fingerprint density at radius 1 is 0.855 bits per heavy atom. The Kier molecular flexibility index (Phi) is 10.3. The first-order valence-corrected chi connectivity index (χ1v) is 19.9. The maximum absolute atomic E-state index is 14.7. The summed E-state index contributed by atoms with van der Waals surface area (Å²) in [6.45, 7) is 6.34. The third-order valence-electron chi connectivity index (χ3n) is 11.8. The maximum Gasteiger partial charge on any atom is 0.255 e. The van der Waals surface area contributed by atoms with E-state index in [4.69, 9.17) is 14.6 Å². The van der Waals surface area contributed by atoms with Gasteiger partial charge >= 0.3 is 0 Å². The zero-order chi connectivity index (χ0) is 43.4. The van der Waals surface area contributed by atoms with E-state index in [2.05, 4.69) is 35.9 Å². The van der Waals surface area contributed by atoms with Gasteiger partial charge in [-0.05, 0) is 49.7 Å². The molecule has 1 fully saturated rings. The Balaban J connectivity index is 0.000000161. The average molecular weight is 842 g/mol. The van der Waals surface area contributed by atoms with E-state index in [1.54, 1.807) is 48.0 Å². The lowest BCUT2D eigenvalue weighted by atomic mass is 9.98. The van der Waals surface area contributed by atoms with E-state index < -0.39 is 17.5 Å². The monoisotopic (exact) mass is 841 g/mol. The van der Waals surface area contributed by atoms with Gasteiger partial charge < -0.3 is 35.4 Å². The van der Waals surface area contributed by atoms with Crippen molar-refractivity contribution in [2.24, 2.45) is 0 Å². The Morgan fingerprint density at radius 2 is 1.55 bits per heavy atom. The number of nitrogens with zero attached hydrogens (tertiary/aromatic N) is 8. The van der Waals surface area contributed by atoms with Crippen LogP contribution in [0.4, 0.5) is 20.4 Å². The second kappa shape index (κ2) is 15.8. The largest absolute Gasteiger partial charge is 0.389 e. The molecule has 0 bridgehead atoms. The van der Waals surface area contributed by atoms with Gasteiger partial charge in [-0.2, -0.15) is 15.5 Å². The number of aliphatic hydroxyl groups excluding tert-OH is 1. The summed E-state index contributed by atoms with van der Waals surface area (Å²) < 4.78 is 43.9. The first-order valence-electron chi connectivity index (χ1n) is 19.9. The highest BCUT2D eigenvalue weighted by Gasteiger charge is 2.44. The number of benzene rings is 2. The van der Waals surface area contributed by atoms with Crippen LogP contribution in [0.15, 0.2) is 66.9 Å². The molecule has 4 aliphatic rings. The lowest BCUT2D eigenvalue weighted by Crippen LogP contribution is -2.41. The Labute approximate surface area is 354 Å². The second-order valence-corrected chi connectivity index (χ2v) is 15.7. The van der Waals surface area contributed by atoms with Crippen molar-refractivity contribution in [2.75, 3.05) is 44.1 Å². The lowest BCUT2D eigenvalue weighted by molar-refractivity contribution is -0.0746. The third-order valence-corrected chi connectivity index (χ3v) is 11.8. The predicted molar refractivity (Wildman–Crippen MR) is 222 cm³/mol. The zero-order valence-corrected chi connectivity index (χ0v) is 34.2. The Hall–Kier alpha value is -7.07. The molecule has 1 saturated heterocycles. The van der Waals surface area contributed by atoms with Crippen LogP contribution in [0.3, 0.4) is 0 Å². The minimum Gasteiger partial charge on any atom is -0.389 e. The number of amides is 2. The minimum absolute atomic E-state index is 0.0964. The van der Waals surface area contributed by atoms with Gasteiger partial charge in [0, 0.05) is 56.8 Å². The molecule has 10 rings (SSSR count). The first-order chi connectivity index (χ1) is 29.9. The first kappa shape index (κ1) is 40.3. The molecular formula is C44H41F2N11O5. The molecule has 3 atom stereocenters. The molecule has 8 heterocycles. The van der Waals surface area contributed by atoms with Crippen LogP contribution in [-0.4, -0.2) is 98.1 Å². The highest BCUT2D eigenvalue weighted by Crippen LogP contribution is 2.37. The van der Waals surface area contributed by atoms with Crippen molar-refractivity contribution in [3.05, 3.63) is 112 Å². The van der Waals surface area contributed by atoms with Gasteiger partial charge in [-0.1, -0.05) is 18.2 Å². The number of β-amino-alcohol motifs (C(OH)–C–C–N with tert-alkyl or cyclic N) is 1.